The summed E-state index contributed by atoms with van der Waals surface area (Å²) in [6, 6.07) is 11.8. The zero-order chi connectivity index (χ0) is 20.9. The second kappa shape index (κ2) is 9.07. The molecule has 3 aromatic rings. The van der Waals surface area contributed by atoms with E-state index in [1.54, 1.807) is 21.3 Å². The van der Waals surface area contributed by atoms with Gasteiger partial charge < -0.3 is 24.4 Å². The molecule has 0 unspecified atom stereocenters. The van der Waals surface area contributed by atoms with Crippen molar-refractivity contribution in [3.05, 3.63) is 42.0 Å². The first-order valence-corrected chi connectivity index (χ1v) is 10.3. The number of rotatable bonds is 7. The van der Waals surface area contributed by atoms with Gasteiger partial charge in [-0.1, -0.05) is 12.1 Å². The summed E-state index contributed by atoms with van der Waals surface area (Å²) >= 11 is 0. The van der Waals surface area contributed by atoms with Gasteiger partial charge in [0.1, 0.15) is 23.1 Å². The number of anilines is 2. The number of hydrogen-bond donors (Lipinski definition) is 1. The molecule has 0 saturated carbocycles. The fourth-order valence-electron chi connectivity index (χ4n) is 3.86. The highest BCUT2D eigenvalue weighted by atomic mass is 16.5. The average molecular weight is 409 g/mol. The van der Waals surface area contributed by atoms with Gasteiger partial charge in [0.05, 0.1) is 32.4 Å². The molecule has 0 bridgehead atoms. The van der Waals surface area contributed by atoms with Crippen LogP contribution in [0.25, 0.3) is 10.9 Å². The minimum absolute atomic E-state index is 0.497. The first kappa shape index (κ1) is 20.1. The summed E-state index contributed by atoms with van der Waals surface area (Å²) < 4.78 is 16.5. The van der Waals surface area contributed by atoms with Crippen molar-refractivity contribution in [3.8, 4) is 17.2 Å². The summed E-state index contributed by atoms with van der Waals surface area (Å²) in [6.45, 7) is 2.49. The van der Waals surface area contributed by atoms with E-state index >= 15 is 0 Å². The highest BCUT2D eigenvalue weighted by Gasteiger charge is 2.18. The van der Waals surface area contributed by atoms with Gasteiger partial charge in [-0.25, -0.2) is 4.98 Å². The van der Waals surface area contributed by atoms with Crippen LogP contribution in [0.4, 0.5) is 11.8 Å². The predicted molar refractivity (Wildman–Crippen MR) is 119 cm³/mol. The second-order valence-corrected chi connectivity index (χ2v) is 7.30. The summed E-state index contributed by atoms with van der Waals surface area (Å²) in [6.07, 6.45) is 3.63. The van der Waals surface area contributed by atoms with Crippen molar-refractivity contribution in [2.24, 2.45) is 0 Å². The highest BCUT2D eigenvalue weighted by Crippen LogP contribution is 2.35. The van der Waals surface area contributed by atoms with Crippen LogP contribution in [0.5, 0.6) is 17.2 Å². The van der Waals surface area contributed by atoms with Gasteiger partial charge in [-0.05, 0) is 31.4 Å². The number of piperidine rings is 1. The molecule has 1 aliphatic rings. The minimum atomic E-state index is 0.497. The Morgan fingerprint density at radius 3 is 2.27 bits per heavy atom. The maximum absolute atomic E-state index is 5.58. The maximum atomic E-state index is 5.58. The van der Waals surface area contributed by atoms with Crippen molar-refractivity contribution >= 4 is 22.7 Å². The molecular weight excluding hydrogens is 380 g/mol. The van der Waals surface area contributed by atoms with E-state index in [1.807, 2.05) is 36.4 Å². The van der Waals surface area contributed by atoms with E-state index in [4.69, 9.17) is 24.2 Å². The lowest BCUT2D eigenvalue weighted by molar-refractivity contribution is 0.369. The van der Waals surface area contributed by atoms with Crippen LogP contribution >= 0.6 is 0 Å². The predicted octanol–water partition coefficient (Wildman–Crippen LogP) is 4.26. The number of ether oxygens (including phenoxy) is 3. The van der Waals surface area contributed by atoms with Gasteiger partial charge in [-0.15, -0.1) is 0 Å². The number of benzene rings is 2. The van der Waals surface area contributed by atoms with Gasteiger partial charge in [0.25, 0.3) is 0 Å². The molecule has 0 radical (unpaired) electrons. The van der Waals surface area contributed by atoms with Crippen LogP contribution in [0.1, 0.15) is 24.8 Å². The number of methoxy groups -OCH3 is 3. The van der Waals surface area contributed by atoms with Gasteiger partial charge in [0.2, 0.25) is 5.95 Å². The largest absolute Gasteiger partial charge is 0.496 e. The lowest BCUT2D eigenvalue weighted by atomic mass is 10.1. The van der Waals surface area contributed by atoms with Gasteiger partial charge in [-0.2, -0.15) is 4.98 Å². The molecule has 1 saturated heterocycles. The smallest absolute Gasteiger partial charge is 0.227 e. The Kier molecular flexibility index (Phi) is 6.07. The molecule has 1 fully saturated rings. The zero-order valence-corrected chi connectivity index (χ0v) is 17.8. The molecule has 4 rings (SSSR count). The number of nitrogens with zero attached hydrogens (tertiary/aromatic N) is 3. The molecule has 1 aliphatic heterocycles. The Labute approximate surface area is 177 Å². The van der Waals surface area contributed by atoms with E-state index in [0.717, 1.165) is 41.3 Å². The maximum Gasteiger partial charge on any atom is 0.227 e. The van der Waals surface area contributed by atoms with Crippen molar-refractivity contribution in [3.63, 3.8) is 0 Å². The quantitative estimate of drug-likeness (QED) is 0.626. The topological polar surface area (TPSA) is 68.7 Å². The standard InChI is InChI=1S/C23H28N4O3/c1-28-16-13-20(29-2)18(21(14-16)30-3)15-24-22-17-9-5-6-10-19(17)25-23(26-22)27-11-7-4-8-12-27/h5-6,9-10,13-14H,4,7-8,11-12,15H2,1-3H3,(H,24,25,26). The lowest BCUT2D eigenvalue weighted by Gasteiger charge is -2.27. The molecule has 7 nitrogen and oxygen atoms in total. The van der Waals surface area contributed by atoms with Crippen molar-refractivity contribution in [2.45, 2.75) is 25.8 Å². The fraction of sp³-hybridized carbons (Fsp3) is 0.391. The Balaban J connectivity index is 1.69. The third kappa shape index (κ3) is 4.06. The van der Waals surface area contributed by atoms with E-state index in [-0.39, 0.29) is 0 Å². The summed E-state index contributed by atoms with van der Waals surface area (Å²) in [7, 11) is 4.92. The van der Waals surface area contributed by atoms with Crippen molar-refractivity contribution in [2.75, 3.05) is 44.6 Å². The zero-order valence-electron chi connectivity index (χ0n) is 17.8. The van der Waals surface area contributed by atoms with E-state index in [0.29, 0.717) is 23.8 Å². The molecule has 2 aromatic carbocycles. The second-order valence-electron chi connectivity index (χ2n) is 7.30. The van der Waals surface area contributed by atoms with Crippen LogP contribution < -0.4 is 24.4 Å². The molecule has 30 heavy (non-hydrogen) atoms. The number of nitrogens with one attached hydrogen (secondary N) is 1. The summed E-state index contributed by atoms with van der Waals surface area (Å²) in [5, 5.41) is 4.48. The van der Waals surface area contributed by atoms with Crippen LogP contribution in [-0.4, -0.2) is 44.4 Å². The van der Waals surface area contributed by atoms with Crippen LogP contribution in [0, 0.1) is 0 Å². The van der Waals surface area contributed by atoms with Gasteiger partial charge >= 0.3 is 0 Å². The van der Waals surface area contributed by atoms with Crippen LogP contribution in [0.2, 0.25) is 0 Å². The van der Waals surface area contributed by atoms with Gasteiger partial charge in [0.15, 0.2) is 0 Å². The molecule has 7 heteroatoms. The van der Waals surface area contributed by atoms with Crippen LogP contribution in [0.3, 0.4) is 0 Å². The van der Waals surface area contributed by atoms with E-state index in [2.05, 4.69) is 10.2 Å². The van der Waals surface area contributed by atoms with E-state index in [9.17, 15) is 0 Å². The average Bonchev–Trinajstić information content (AvgIpc) is 2.82. The summed E-state index contributed by atoms with van der Waals surface area (Å²) in [4.78, 5) is 12.0. The Hall–Kier alpha value is -3.22. The molecule has 1 aromatic heterocycles. The van der Waals surface area contributed by atoms with Crippen LogP contribution in [0.15, 0.2) is 36.4 Å². The van der Waals surface area contributed by atoms with Crippen LogP contribution in [-0.2, 0) is 6.54 Å². The molecule has 1 N–H and O–H groups in total. The first-order valence-electron chi connectivity index (χ1n) is 10.3. The van der Waals surface area contributed by atoms with Gasteiger partial charge in [0, 0.05) is 37.2 Å². The van der Waals surface area contributed by atoms with Crippen molar-refractivity contribution in [1.29, 1.82) is 0 Å². The van der Waals surface area contributed by atoms with E-state index in [1.165, 1.54) is 19.3 Å². The number of fused-ring (bicyclic) bond motifs is 1. The Morgan fingerprint density at radius 1 is 0.900 bits per heavy atom. The number of aromatic nitrogens is 2. The summed E-state index contributed by atoms with van der Waals surface area (Å²) in [5.74, 6) is 3.68. The molecule has 0 amide bonds. The van der Waals surface area contributed by atoms with Gasteiger partial charge in [-0.3, -0.25) is 0 Å². The monoisotopic (exact) mass is 408 g/mol. The molecule has 0 aliphatic carbocycles. The summed E-state index contributed by atoms with van der Waals surface area (Å²) in [5.41, 5.74) is 1.84. The van der Waals surface area contributed by atoms with Crippen molar-refractivity contribution < 1.29 is 14.2 Å². The highest BCUT2D eigenvalue weighted by molar-refractivity contribution is 5.90. The SMILES string of the molecule is COc1cc(OC)c(CNc2nc(N3CCCCC3)nc3ccccc23)c(OC)c1. The molecule has 2 heterocycles. The fourth-order valence-corrected chi connectivity index (χ4v) is 3.86. The molecule has 0 atom stereocenters. The lowest BCUT2D eigenvalue weighted by Crippen LogP contribution is -2.31. The molecular formula is C23H28N4O3. The molecule has 158 valence electrons. The van der Waals surface area contributed by atoms with Crippen molar-refractivity contribution in [1.82, 2.24) is 9.97 Å². The number of para-hydroxylation sites is 1. The molecule has 0 spiro atoms. The Morgan fingerprint density at radius 2 is 1.60 bits per heavy atom. The number of hydrogen-bond acceptors (Lipinski definition) is 7. The van der Waals surface area contributed by atoms with E-state index < -0.39 is 0 Å². The first-order chi connectivity index (χ1) is 14.7. The normalized spacial score (nSPS) is 13.9. The Bertz CT molecular complexity index is 993. The third-order valence-electron chi connectivity index (χ3n) is 5.48. The minimum Gasteiger partial charge on any atom is -0.496 e. The third-order valence-corrected chi connectivity index (χ3v) is 5.48.